The Labute approximate surface area is 240 Å². The largest absolute Gasteiger partial charge is 0.508 e. The summed E-state index contributed by atoms with van der Waals surface area (Å²) in [5.41, 5.74) is 6.13. The Morgan fingerprint density at radius 1 is 0.976 bits per heavy atom. The van der Waals surface area contributed by atoms with Gasteiger partial charge in [-0.1, -0.05) is 12.1 Å². The molecule has 2 fully saturated rings. The van der Waals surface area contributed by atoms with Crippen LogP contribution in [0.2, 0.25) is 0 Å². The normalized spacial score (nSPS) is 24.9. The first-order valence-corrected chi connectivity index (χ1v) is 13.4. The number of aliphatic hydroxyl groups excluding tert-OH is 4. The second-order valence-corrected chi connectivity index (χ2v) is 10.6. The van der Waals surface area contributed by atoms with Gasteiger partial charge in [0.2, 0.25) is 23.6 Å². The maximum Gasteiger partial charge on any atom is 0.328 e. The number of aliphatic hydroxyl groups is 4. The average Bonchev–Trinajstić information content (AvgIpc) is 3.53. The van der Waals surface area contributed by atoms with Crippen LogP contribution in [0.25, 0.3) is 0 Å². The number of β-amino-alcohol motifs (C(OH)–C–C–N with tert-alkyl or cyclic N) is 2. The van der Waals surface area contributed by atoms with Gasteiger partial charge in [-0.3, -0.25) is 19.2 Å². The number of carbonyl (C=O) groups is 5. The highest BCUT2D eigenvalue weighted by Crippen LogP contribution is 2.27. The lowest BCUT2D eigenvalue weighted by atomic mass is 10.0. The van der Waals surface area contributed by atoms with Gasteiger partial charge in [0.15, 0.2) is 6.04 Å². The minimum Gasteiger partial charge on any atom is -0.508 e. The van der Waals surface area contributed by atoms with E-state index in [1.54, 1.807) is 0 Å². The fourth-order valence-corrected chi connectivity index (χ4v) is 5.06. The van der Waals surface area contributed by atoms with E-state index >= 15 is 0 Å². The Morgan fingerprint density at radius 2 is 1.55 bits per heavy atom. The van der Waals surface area contributed by atoms with Crippen molar-refractivity contribution in [3.8, 4) is 5.75 Å². The van der Waals surface area contributed by atoms with Crippen LogP contribution in [0.5, 0.6) is 5.75 Å². The van der Waals surface area contributed by atoms with Crippen LogP contribution in [0.1, 0.15) is 25.3 Å². The molecule has 0 aliphatic carbocycles. The van der Waals surface area contributed by atoms with Gasteiger partial charge < -0.3 is 56.8 Å². The van der Waals surface area contributed by atoms with Gasteiger partial charge in [0.05, 0.1) is 24.9 Å². The summed E-state index contributed by atoms with van der Waals surface area (Å²) in [6.45, 7) is -0.139. The average molecular weight is 596 g/mol. The molecule has 2 aliphatic rings. The van der Waals surface area contributed by atoms with E-state index in [2.05, 4.69) is 10.6 Å². The van der Waals surface area contributed by atoms with Gasteiger partial charge in [-0.05, 0) is 24.6 Å². The number of likely N-dealkylation sites (tertiary alicyclic amines) is 2. The highest BCUT2D eigenvalue weighted by molar-refractivity contribution is 5.96. The number of amides is 4. The predicted octanol–water partition coefficient (Wildman–Crippen LogP) is -4.39. The highest BCUT2D eigenvalue weighted by Gasteiger charge is 2.48. The molecule has 1 aromatic rings. The predicted molar refractivity (Wildman–Crippen MR) is 142 cm³/mol. The first kappa shape index (κ1) is 32.7. The Balaban J connectivity index is 1.85. The van der Waals surface area contributed by atoms with Crippen LogP contribution in [-0.4, -0.2) is 138 Å². The molecule has 0 spiro atoms. The van der Waals surface area contributed by atoms with Crippen molar-refractivity contribution in [1.29, 1.82) is 0 Å². The fourth-order valence-electron chi connectivity index (χ4n) is 5.06. The SMILES string of the molecule is C[C@@H](O)[C@H](NC(=O)[C@@H]1C[C@@H](O)CN1C(=O)[C@@H]1C[C@@H](O)CN1C(=O)[C@H](Cc1ccc(O)cc1)NC(=O)[C@@H](N)CO)C(=O)O. The molecule has 1 aromatic carbocycles. The number of benzene rings is 1. The van der Waals surface area contributed by atoms with Crippen molar-refractivity contribution >= 4 is 29.6 Å². The molecule has 0 aromatic heterocycles. The molecule has 0 saturated carbocycles. The smallest absolute Gasteiger partial charge is 0.328 e. The van der Waals surface area contributed by atoms with E-state index in [9.17, 15) is 54.6 Å². The van der Waals surface area contributed by atoms with E-state index in [-0.39, 0.29) is 38.1 Å². The number of aliphatic carboxylic acids is 1. The van der Waals surface area contributed by atoms with Crippen molar-refractivity contribution in [3.63, 3.8) is 0 Å². The number of aromatic hydroxyl groups is 1. The molecular weight excluding hydrogens is 558 g/mol. The molecule has 42 heavy (non-hydrogen) atoms. The summed E-state index contributed by atoms with van der Waals surface area (Å²) in [4.78, 5) is 66.4. The van der Waals surface area contributed by atoms with Gasteiger partial charge in [-0.15, -0.1) is 0 Å². The number of phenolic OH excluding ortho intramolecular Hbond substituents is 1. The van der Waals surface area contributed by atoms with E-state index in [1.165, 1.54) is 24.3 Å². The Hall–Kier alpha value is -3.83. The summed E-state index contributed by atoms with van der Waals surface area (Å²) in [5, 5.41) is 63.2. The molecule has 10 N–H and O–H groups in total. The van der Waals surface area contributed by atoms with E-state index in [1.807, 2.05) is 0 Å². The quantitative estimate of drug-likeness (QED) is 0.117. The van der Waals surface area contributed by atoms with Crippen LogP contribution < -0.4 is 16.4 Å². The molecule has 3 rings (SSSR count). The van der Waals surface area contributed by atoms with Crippen LogP contribution in [-0.2, 0) is 30.4 Å². The Bertz CT molecular complexity index is 1160. The first-order valence-electron chi connectivity index (χ1n) is 13.4. The zero-order chi connectivity index (χ0) is 31.3. The van der Waals surface area contributed by atoms with Crippen molar-refractivity contribution in [1.82, 2.24) is 20.4 Å². The topological polar surface area (TPSA) is 263 Å². The molecule has 0 radical (unpaired) electrons. The lowest BCUT2D eigenvalue weighted by Gasteiger charge is -2.33. The molecule has 2 aliphatic heterocycles. The number of rotatable bonds is 11. The van der Waals surface area contributed by atoms with Crippen molar-refractivity contribution in [2.45, 2.75) is 74.7 Å². The second-order valence-electron chi connectivity index (χ2n) is 10.6. The minimum absolute atomic E-state index is 0.0317. The van der Waals surface area contributed by atoms with Crippen LogP contribution >= 0.6 is 0 Å². The van der Waals surface area contributed by atoms with Crippen LogP contribution in [0.15, 0.2) is 24.3 Å². The number of nitrogens with zero attached hydrogens (tertiary/aromatic N) is 2. The van der Waals surface area contributed by atoms with Crippen LogP contribution in [0.3, 0.4) is 0 Å². The van der Waals surface area contributed by atoms with E-state index in [0.717, 1.165) is 16.7 Å². The molecule has 16 heteroatoms. The third-order valence-electron chi connectivity index (χ3n) is 7.28. The minimum atomic E-state index is -1.67. The lowest BCUT2D eigenvalue weighted by Crippen LogP contribution is -2.59. The summed E-state index contributed by atoms with van der Waals surface area (Å²) in [6, 6.07) is -1.16. The van der Waals surface area contributed by atoms with E-state index < -0.39 is 84.7 Å². The van der Waals surface area contributed by atoms with Crippen LogP contribution in [0.4, 0.5) is 0 Å². The highest BCUT2D eigenvalue weighted by atomic mass is 16.4. The number of carbonyl (C=O) groups excluding carboxylic acids is 4. The number of carboxylic acids is 1. The molecule has 232 valence electrons. The summed E-state index contributed by atoms with van der Waals surface area (Å²) in [6.07, 6.45) is -4.28. The third kappa shape index (κ3) is 7.71. The number of hydrogen-bond donors (Lipinski definition) is 9. The van der Waals surface area contributed by atoms with Gasteiger partial charge in [0.25, 0.3) is 0 Å². The monoisotopic (exact) mass is 595 g/mol. The Morgan fingerprint density at radius 3 is 2.10 bits per heavy atom. The maximum absolute atomic E-state index is 13.8. The summed E-state index contributed by atoms with van der Waals surface area (Å²) >= 11 is 0. The van der Waals surface area contributed by atoms with Crippen molar-refractivity contribution in [3.05, 3.63) is 29.8 Å². The second kappa shape index (κ2) is 13.9. The van der Waals surface area contributed by atoms with Crippen molar-refractivity contribution < 1.29 is 54.6 Å². The van der Waals surface area contributed by atoms with Gasteiger partial charge in [-0.2, -0.15) is 0 Å². The molecule has 2 heterocycles. The third-order valence-corrected chi connectivity index (χ3v) is 7.28. The molecule has 4 amide bonds. The summed E-state index contributed by atoms with van der Waals surface area (Å²) < 4.78 is 0. The number of carboxylic acid groups (broad SMARTS) is 1. The number of hydrogen-bond acceptors (Lipinski definition) is 11. The Kier molecular flexibility index (Phi) is 10.8. The van der Waals surface area contributed by atoms with Gasteiger partial charge >= 0.3 is 5.97 Å². The van der Waals surface area contributed by atoms with Gasteiger partial charge in [0.1, 0.15) is 29.9 Å². The number of phenols is 1. The number of nitrogens with one attached hydrogen (secondary N) is 2. The molecule has 0 unspecified atom stereocenters. The summed E-state index contributed by atoms with van der Waals surface area (Å²) in [7, 11) is 0. The van der Waals surface area contributed by atoms with Gasteiger partial charge in [0, 0.05) is 32.4 Å². The van der Waals surface area contributed by atoms with E-state index in [0.29, 0.717) is 5.56 Å². The zero-order valence-corrected chi connectivity index (χ0v) is 22.9. The maximum atomic E-state index is 13.8. The molecule has 8 atom stereocenters. The molecule has 2 saturated heterocycles. The van der Waals surface area contributed by atoms with Gasteiger partial charge in [-0.25, -0.2) is 4.79 Å². The van der Waals surface area contributed by atoms with Crippen molar-refractivity contribution in [2.75, 3.05) is 19.7 Å². The standard InChI is InChI=1S/C26H37N5O11/c1-12(33)21(26(41)42)29-23(38)19-7-15(35)9-30(19)25(40)20-8-16(36)10-31(20)24(39)18(28-22(37)17(27)11-32)6-13-2-4-14(34)5-3-13/h2-5,12,15-21,32-36H,6-11,27H2,1H3,(H,28,37)(H,29,38)(H,41,42)/t12-,15-,16-,17+,18+,19+,20+,21+/m1/s1. The van der Waals surface area contributed by atoms with Crippen molar-refractivity contribution in [2.24, 2.45) is 5.73 Å². The number of nitrogens with two attached hydrogens (primary N) is 1. The zero-order valence-electron chi connectivity index (χ0n) is 22.9. The lowest BCUT2D eigenvalue weighted by molar-refractivity contribution is -0.149. The molecule has 16 nitrogen and oxygen atoms in total. The first-order chi connectivity index (χ1) is 19.7. The molecule has 0 bridgehead atoms. The molecular formula is C26H37N5O11. The van der Waals surface area contributed by atoms with Crippen LogP contribution in [0, 0.1) is 0 Å². The summed E-state index contributed by atoms with van der Waals surface area (Å²) in [5.74, 6) is -4.87. The van der Waals surface area contributed by atoms with E-state index in [4.69, 9.17) is 5.73 Å². The fraction of sp³-hybridized carbons (Fsp3) is 0.577.